The minimum Gasteiger partial charge on any atom is -0.495 e. The van der Waals surface area contributed by atoms with Crippen LogP contribution in [0, 0.1) is 6.92 Å². The highest BCUT2D eigenvalue weighted by molar-refractivity contribution is 9.10. The molecule has 0 heterocycles. The topological polar surface area (TPSA) is 75.7 Å². The molecule has 0 atom stereocenters. The Morgan fingerprint density at radius 1 is 1.10 bits per heavy atom. The van der Waals surface area contributed by atoms with Gasteiger partial charge in [-0.15, -0.1) is 0 Å². The Morgan fingerprint density at radius 2 is 1.81 bits per heavy atom. The predicted molar refractivity (Wildman–Crippen MR) is 126 cm³/mol. The number of amides is 1. The number of hydrogen-bond acceptors (Lipinski definition) is 4. The van der Waals surface area contributed by atoms with Crippen LogP contribution in [0.5, 0.6) is 5.75 Å². The van der Waals surface area contributed by atoms with Crippen LogP contribution in [0.1, 0.15) is 5.56 Å². The molecule has 0 bridgehead atoms. The van der Waals surface area contributed by atoms with Gasteiger partial charge in [-0.25, -0.2) is 8.42 Å². The zero-order chi connectivity index (χ0) is 22.6. The van der Waals surface area contributed by atoms with Crippen molar-refractivity contribution in [3.8, 4) is 5.75 Å². The Morgan fingerprint density at radius 3 is 2.45 bits per heavy atom. The molecule has 1 N–H and O–H groups in total. The van der Waals surface area contributed by atoms with Crippen molar-refractivity contribution in [1.29, 1.82) is 0 Å². The van der Waals surface area contributed by atoms with E-state index in [0.29, 0.717) is 20.9 Å². The lowest BCUT2D eigenvalue weighted by Crippen LogP contribution is -2.38. The number of methoxy groups -OCH3 is 1. The fourth-order valence-corrected chi connectivity index (χ4v) is 4.79. The summed E-state index contributed by atoms with van der Waals surface area (Å²) in [4.78, 5) is 12.9. The zero-order valence-corrected chi connectivity index (χ0v) is 20.0. The van der Waals surface area contributed by atoms with Crippen LogP contribution in [-0.4, -0.2) is 28.0 Å². The van der Waals surface area contributed by atoms with Crippen molar-refractivity contribution < 1.29 is 17.9 Å². The summed E-state index contributed by atoms with van der Waals surface area (Å²) < 4.78 is 34.0. The quantitative estimate of drug-likeness (QED) is 0.459. The second-order valence-electron chi connectivity index (χ2n) is 6.68. The molecule has 3 aromatic carbocycles. The molecule has 0 aromatic heterocycles. The van der Waals surface area contributed by atoms with Crippen molar-refractivity contribution in [2.24, 2.45) is 0 Å². The lowest BCUT2D eigenvalue weighted by Gasteiger charge is -2.26. The first-order valence-corrected chi connectivity index (χ1v) is 11.8. The largest absolute Gasteiger partial charge is 0.495 e. The number of ether oxygens (including phenoxy) is 1. The summed E-state index contributed by atoms with van der Waals surface area (Å²) in [5.74, 6) is -0.189. The number of nitrogens with one attached hydrogen (secondary N) is 1. The highest BCUT2D eigenvalue weighted by Crippen LogP contribution is 2.33. The zero-order valence-electron chi connectivity index (χ0n) is 16.8. The number of nitrogens with zero attached hydrogens (tertiary/aromatic N) is 1. The van der Waals surface area contributed by atoms with Gasteiger partial charge >= 0.3 is 0 Å². The van der Waals surface area contributed by atoms with Gasteiger partial charge in [0, 0.05) is 10.2 Å². The first kappa shape index (κ1) is 23.1. The molecule has 0 fully saturated rings. The van der Waals surface area contributed by atoms with Crippen LogP contribution in [0.2, 0.25) is 5.02 Å². The normalized spacial score (nSPS) is 11.1. The third-order valence-corrected chi connectivity index (χ3v) is 7.43. The molecule has 3 rings (SSSR count). The average Bonchev–Trinajstić information content (AvgIpc) is 2.75. The van der Waals surface area contributed by atoms with Crippen LogP contribution in [0.25, 0.3) is 0 Å². The Labute approximate surface area is 195 Å². The van der Waals surface area contributed by atoms with Crippen molar-refractivity contribution in [2.45, 2.75) is 11.8 Å². The maximum Gasteiger partial charge on any atom is 0.264 e. The van der Waals surface area contributed by atoms with Gasteiger partial charge in [0.05, 0.1) is 22.7 Å². The van der Waals surface area contributed by atoms with Crippen LogP contribution in [0.15, 0.2) is 76.1 Å². The molecule has 0 aliphatic carbocycles. The molecule has 31 heavy (non-hydrogen) atoms. The molecule has 0 radical (unpaired) electrons. The van der Waals surface area contributed by atoms with Gasteiger partial charge in [0.2, 0.25) is 5.91 Å². The predicted octanol–water partition coefficient (Wildman–Crippen LogP) is 5.25. The highest BCUT2D eigenvalue weighted by Gasteiger charge is 2.29. The third kappa shape index (κ3) is 5.39. The SMILES string of the molecule is COc1ccc(C)cc1N(CC(=O)Nc1ccc(Br)c(Cl)c1)S(=O)(=O)c1ccccc1. The summed E-state index contributed by atoms with van der Waals surface area (Å²) in [6.45, 7) is 1.38. The van der Waals surface area contributed by atoms with Gasteiger partial charge < -0.3 is 10.1 Å². The molecule has 0 aliphatic rings. The number of rotatable bonds is 7. The van der Waals surface area contributed by atoms with Crippen molar-refractivity contribution >= 4 is 54.8 Å². The number of benzene rings is 3. The molecule has 1 amide bonds. The van der Waals surface area contributed by atoms with E-state index in [2.05, 4.69) is 21.2 Å². The molecule has 0 aliphatic heterocycles. The van der Waals surface area contributed by atoms with E-state index in [1.165, 1.54) is 19.2 Å². The monoisotopic (exact) mass is 522 g/mol. The maximum atomic E-state index is 13.5. The van der Waals surface area contributed by atoms with E-state index in [9.17, 15) is 13.2 Å². The molecule has 0 spiro atoms. The second kappa shape index (κ2) is 9.72. The van der Waals surface area contributed by atoms with Crippen molar-refractivity contribution in [1.82, 2.24) is 0 Å². The molecule has 0 saturated heterocycles. The molecular formula is C22H20BrClN2O4S. The maximum absolute atomic E-state index is 13.5. The molecule has 6 nitrogen and oxygen atoms in total. The van der Waals surface area contributed by atoms with Gasteiger partial charge in [-0.1, -0.05) is 35.9 Å². The van der Waals surface area contributed by atoms with Gasteiger partial charge in [0.25, 0.3) is 10.0 Å². The summed E-state index contributed by atoms with van der Waals surface area (Å²) >= 11 is 9.38. The number of sulfonamides is 1. The van der Waals surface area contributed by atoms with E-state index < -0.39 is 22.5 Å². The number of halogens is 2. The third-order valence-electron chi connectivity index (χ3n) is 4.42. The summed E-state index contributed by atoms with van der Waals surface area (Å²) in [6, 6.07) is 18.0. The number of aryl methyl sites for hydroxylation is 1. The fraction of sp³-hybridized carbons (Fsp3) is 0.136. The summed E-state index contributed by atoms with van der Waals surface area (Å²) in [6.07, 6.45) is 0. The van der Waals surface area contributed by atoms with Crippen LogP contribution in [0.3, 0.4) is 0 Å². The number of carbonyl (C=O) groups is 1. The van der Waals surface area contributed by atoms with Gasteiger partial charge in [-0.3, -0.25) is 9.10 Å². The van der Waals surface area contributed by atoms with Crippen molar-refractivity contribution in [3.63, 3.8) is 0 Å². The van der Waals surface area contributed by atoms with E-state index in [0.717, 1.165) is 9.87 Å². The number of carbonyl (C=O) groups excluding carboxylic acids is 1. The molecule has 0 unspecified atom stereocenters. The fourth-order valence-electron chi connectivity index (χ4n) is 2.92. The molecular weight excluding hydrogens is 504 g/mol. The summed E-state index contributed by atoms with van der Waals surface area (Å²) in [5, 5.41) is 3.12. The van der Waals surface area contributed by atoms with E-state index in [1.807, 2.05) is 6.92 Å². The summed E-state index contributed by atoms with van der Waals surface area (Å²) in [7, 11) is -2.60. The van der Waals surface area contributed by atoms with E-state index in [4.69, 9.17) is 16.3 Å². The minimum atomic E-state index is -4.05. The van der Waals surface area contributed by atoms with E-state index in [1.54, 1.807) is 54.6 Å². The molecule has 0 saturated carbocycles. The Kier molecular flexibility index (Phi) is 7.25. The Balaban J connectivity index is 2.01. The van der Waals surface area contributed by atoms with Crippen molar-refractivity contribution in [3.05, 3.63) is 81.8 Å². The Hall–Kier alpha value is -2.55. The van der Waals surface area contributed by atoms with E-state index >= 15 is 0 Å². The number of hydrogen-bond donors (Lipinski definition) is 1. The lowest BCUT2D eigenvalue weighted by molar-refractivity contribution is -0.114. The van der Waals surface area contributed by atoms with Crippen LogP contribution in [0.4, 0.5) is 11.4 Å². The van der Waals surface area contributed by atoms with Crippen molar-refractivity contribution in [2.75, 3.05) is 23.3 Å². The van der Waals surface area contributed by atoms with Gasteiger partial charge in [0.1, 0.15) is 12.3 Å². The van der Waals surface area contributed by atoms with Crippen LogP contribution < -0.4 is 14.4 Å². The van der Waals surface area contributed by atoms with E-state index in [-0.39, 0.29) is 10.6 Å². The van der Waals surface area contributed by atoms with Crippen LogP contribution >= 0.6 is 27.5 Å². The Bertz CT molecular complexity index is 1200. The van der Waals surface area contributed by atoms with Gasteiger partial charge in [-0.05, 0) is 70.9 Å². The number of anilines is 2. The molecule has 162 valence electrons. The van der Waals surface area contributed by atoms with Crippen LogP contribution in [-0.2, 0) is 14.8 Å². The van der Waals surface area contributed by atoms with Gasteiger partial charge in [0.15, 0.2) is 0 Å². The smallest absolute Gasteiger partial charge is 0.264 e. The van der Waals surface area contributed by atoms with Gasteiger partial charge in [-0.2, -0.15) is 0 Å². The first-order valence-electron chi connectivity index (χ1n) is 9.19. The first-order chi connectivity index (χ1) is 14.7. The lowest BCUT2D eigenvalue weighted by atomic mass is 10.2. The minimum absolute atomic E-state index is 0.0676. The standard InChI is InChI=1S/C22H20BrClN2O4S/c1-15-8-11-21(30-2)20(12-15)26(31(28,29)17-6-4-3-5-7-17)14-22(27)25-16-9-10-18(23)19(24)13-16/h3-13H,14H2,1-2H3,(H,25,27). The molecule has 3 aromatic rings. The molecule has 9 heteroatoms. The second-order valence-corrected chi connectivity index (χ2v) is 9.80. The highest BCUT2D eigenvalue weighted by atomic mass is 79.9. The summed E-state index contributed by atoms with van der Waals surface area (Å²) in [5.41, 5.74) is 1.55. The average molecular weight is 524 g/mol.